The van der Waals surface area contributed by atoms with E-state index in [1.54, 1.807) is 41.7 Å². The first-order valence-corrected chi connectivity index (χ1v) is 7.38. The van der Waals surface area contributed by atoms with Gasteiger partial charge in [-0.1, -0.05) is 29.8 Å². The van der Waals surface area contributed by atoms with Crippen molar-refractivity contribution in [1.82, 2.24) is 0 Å². The Balaban J connectivity index is 1.82. The number of thiophene rings is 1. The molecule has 0 spiro atoms. The summed E-state index contributed by atoms with van der Waals surface area (Å²) in [4.78, 5) is 13.1. The molecule has 0 radical (unpaired) electrons. The van der Waals surface area contributed by atoms with Crippen LogP contribution in [0.4, 0.5) is 0 Å². The van der Waals surface area contributed by atoms with Gasteiger partial charge in [0.15, 0.2) is 5.78 Å². The van der Waals surface area contributed by atoms with E-state index in [0.717, 1.165) is 4.88 Å². The van der Waals surface area contributed by atoms with Crippen LogP contribution in [0.3, 0.4) is 0 Å². The van der Waals surface area contributed by atoms with E-state index >= 15 is 0 Å². The number of hydrogen-bond acceptors (Lipinski definition) is 2. The quantitative estimate of drug-likeness (QED) is 0.464. The Bertz CT molecular complexity index is 751. The molecule has 1 nitrogen and oxygen atoms in total. The van der Waals surface area contributed by atoms with Crippen molar-refractivity contribution in [1.29, 1.82) is 0 Å². The first-order valence-electron chi connectivity index (χ1n) is 6.19. The molecule has 0 aliphatic heterocycles. The Labute approximate surface area is 126 Å². The van der Waals surface area contributed by atoms with Gasteiger partial charge in [0, 0.05) is 20.2 Å². The van der Waals surface area contributed by atoms with Crippen LogP contribution in [0.5, 0.6) is 0 Å². The van der Waals surface area contributed by atoms with Gasteiger partial charge in [-0.25, -0.2) is 0 Å². The Morgan fingerprint density at radius 2 is 1.80 bits per heavy atom. The SMILES string of the molecule is O=C(C=Cc1cc2ccccc2s1)c1ccc(Cl)cc1. The molecule has 0 saturated heterocycles. The molecule has 0 aliphatic carbocycles. The smallest absolute Gasteiger partial charge is 0.185 e. The van der Waals surface area contributed by atoms with Gasteiger partial charge in [-0.2, -0.15) is 0 Å². The van der Waals surface area contributed by atoms with Crippen LogP contribution >= 0.6 is 22.9 Å². The summed E-state index contributed by atoms with van der Waals surface area (Å²) in [6, 6.07) is 17.2. The average molecular weight is 299 g/mol. The lowest BCUT2D eigenvalue weighted by molar-refractivity contribution is 0.104. The summed E-state index contributed by atoms with van der Waals surface area (Å²) in [5.74, 6) is -0.0147. The number of carbonyl (C=O) groups excluding carboxylic acids is 1. The van der Waals surface area contributed by atoms with Gasteiger partial charge < -0.3 is 0 Å². The van der Waals surface area contributed by atoms with Crippen LogP contribution in [0.15, 0.2) is 60.7 Å². The van der Waals surface area contributed by atoms with E-state index in [0.29, 0.717) is 10.6 Å². The van der Waals surface area contributed by atoms with Crippen LogP contribution in [-0.2, 0) is 0 Å². The Morgan fingerprint density at radius 1 is 1.05 bits per heavy atom. The summed E-state index contributed by atoms with van der Waals surface area (Å²) in [5.41, 5.74) is 0.645. The third kappa shape index (κ3) is 2.82. The molecule has 1 aromatic heterocycles. The number of ketones is 1. The molecule has 0 fully saturated rings. The molecule has 0 saturated carbocycles. The fourth-order valence-electron chi connectivity index (χ4n) is 1.95. The molecular formula is C17H11ClOS. The van der Waals surface area contributed by atoms with Crippen LogP contribution in [-0.4, -0.2) is 5.78 Å². The zero-order valence-corrected chi connectivity index (χ0v) is 12.1. The second-order valence-electron chi connectivity index (χ2n) is 4.39. The summed E-state index contributed by atoms with van der Waals surface area (Å²) in [5, 5.41) is 1.84. The number of rotatable bonds is 3. The molecule has 3 rings (SSSR count). The summed E-state index contributed by atoms with van der Waals surface area (Å²) in [6.45, 7) is 0. The molecule has 98 valence electrons. The fourth-order valence-corrected chi connectivity index (χ4v) is 3.05. The highest BCUT2D eigenvalue weighted by Gasteiger charge is 2.02. The van der Waals surface area contributed by atoms with E-state index in [9.17, 15) is 4.79 Å². The fraction of sp³-hybridized carbons (Fsp3) is 0. The zero-order chi connectivity index (χ0) is 13.9. The van der Waals surface area contributed by atoms with Gasteiger partial charge in [-0.3, -0.25) is 4.79 Å². The minimum absolute atomic E-state index is 0.0147. The van der Waals surface area contributed by atoms with Crippen LogP contribution < -0.4 is 0 Å². The van der Waals surface area contributed by atoms with Crippen molar-refractivity contribution in [2.45, 2.75) is 0 Å². The van der Waals surface area contributed by atoms with Gasteiger partial charge in [0.25, 0.3) is 0 Å². The largest absolute Gasteiger partial charge is 0.289 e. The van der Waals surface area contributed by atoms with Gasteiger partial charge in [-0.05, 0) is 53.9 Å². The Morgan fingerprint density at radius 3 is 2.55 bits per heavy atom. The monoisotopic (exact) mass is 298 g/mol. The van der Waals surface area contributed by atoms with Gasteiger partial charge in [0.2, 0.25) is 0 Å². The van der Waals surface area contributed by atoms with Crippen molar-refractivity contribution < 1.29 is 4.79 Å². The lowest BCUT2D eigenvalue weighted by Gasteiger charge is -1.95. The number of halogens is 1. The Hall–Kier alpha value is -1.90. The maximum atomic E-state index is 12.0. The lowest BCUT2D eigenvalue weighted by Crippen LogP contribution is -1.92. The van der Waals surface area contributed by atoms with Gasteiger partial charge >= 0.3 is 0 Å². The first kappa shape index (κ1) is 13.1. The van der Waals surface area contributed by atoms with Crippen molar-refractivity contribution in [3.63, 3.8) is 0 Å². The summed E-state index contributed by atoms with van der Waals surface area (Å²) in [7, 11) is 0. The van der Waals surface area contributed by atoms with Gasteiger partial charge in [-0.15, -0.1) is 11.3 Å². The molecule has 20 heavy (non-hydrogen) atoms. The number of carbonyl (C=O) groups is 1. The second-order valence-corrected chi connectivity index (χ2v) is 5.94. The van der Waals surface area contributed by atoms with Crippen molar-refractivity contribution >= 4 is 44.9 Å². The van der Waals surface area contributed by atoms with E-state index in [4.69, 9.17) is 11.6 Å². The van der Waals surface area contributed by atoms with Crippen LogP contribution in [0.2, 0.25) is 5.02 Å². The highest BCUT2D eigenvalue weighted by atomic mass is 35.5. The standard InChI is InChI=1S/C17H11ClOS/c18-14-7-5-12(6-8-14)16(19)10-9-15-11-13-3-1-2-4-17(13)20-15/h1-11H. The summed E-state index contributed by atoms with van der Waals surface area (Å²) >= 11 is 7.48. The van der Waals surface area contributed by atoms with E-state index in [1.807, 2.05) is 18.2 Å². The molecular weight excluding hydrogens is 288 g/mol. The molecule has 0 bridgehead atoms. The van der Waals surface area contributed by atoms with Crippen LogP contribution in [0.1, 0.15) is 15.2 Å². The van der Waals surface area contributed by atoms with Crippen molar-refractivity contribution in [2.24, 2.45) is 0 Å². The molecule has 2 aromatic carbocycles. The minimum atomic E-state index is -0.0147. The lowest BCUT2D eigenvalue weighted by atomic mass is 10.1. The summed E-state index contributed by atoms with van der Waals surface area (Å²) < 4.78 is 1.23. The molecule has 1 heterocycles. The number of benzene rings is 2. The summed E-state index contributed by atoms with van der Waals surface area (Å²) in [6.07, 6.45) is 3.47. The topological polar surface area (TPSA) is 17.1 Å². The number of allylic oxidation sites excluding steroid dienone is 1. The zero-order valence-electron chi connectivity index (χ0n) is 10.5. The number of hydrogen-bond donors (Lipinski definition) is 0. The normalized spacial score (nSPS) is 11.2. The average Bonchev–Trinajstić information content (AvgIpc) is 2.88. The highest BCUT2D eigenvalue weighted by molar-refractivity contribution is 7.19. The minimum Gasteiger partial charge on any atom is -0.289 e. The van der Waals surface area contributed by atoms with Gasteiger partial charge in [0.1, 0.15) is 0 Å². The van der Waals surface area contributed by atoms with Crippen LogP contribution in [0, 0.1) is 0 Å². The second kappa shape index (κ2) is 5.61. The maximum Gasteiger partial charge on any atom is 0.185 e. The van der Waals surface area contributed by atoms with Crippen LogP contribution in [0.25, 0.3) is 16.2 Å². The van der Waals surface area contributed by atoms with Crippen molar-refractivity contribution in [3.05, 3.63) is 76.1 Å². The number of fused-ring (bicyclic) bond motifs is 1. The molecule has 0 aliphatic rings. The van der Waals surface area contributed by atoms with Crippen molar-refractivity contribution in [3.8, 4) is 0 Å². The maximum absolute atomic E-state index is 12.0. The third-order valence-electron chi connectivity index (χ3n) is 2.97. The Kier molecular flexibility index (Phi) is 3.68. The van der Waals surface area contributed by atoms with E-state index in [2.05, 4.69) is 18.2 Å². The van der Waals surface area contributed by atoms with E-state index in [-0.39, 0.29) is 5.78 Å². The predicted octanol–water partition coefficient (Wildman–Crippen LogP) is 5.45. The van der Waals surface area contributed by atoms with Gasteiger partial charge in [0.05, 0.1) is 0 Å². The molecule has 0 N–H and O–H groups in total. The van der Waals surface area contributed by atoms with E-state index in [1.165, 1.54) is 10.1 Å². The molecule has 0 atom stereocenters. The first-order chi connectivity index (χ1) is 9.72. The third-order valence-corrected chi connectivity index (χ3v) is 4.31. The highest BCUT2D eigenvalue weighted by Crippen LogP contribution is 2.26. The molecule has 3 heteroatoms. The molecule has 3 aromatic rings. The van der Waals surface area contributed by atoms with E-state index < -0.39 is 0 Å². The van der Waals surface area contributed by atoms with Crippen molar-refractivity contribution in [2.75, 3.05) is 0 Å². The molecule has 0 amide bonds. The molecule has 0 unspecified atom stereocenters. The predicted molar refractivity (Wildman–Crippen MR) is 86.6 cm³/mol.